The molecule has 1 fully saturated rings. The van der Waals surface area contributed by atoms with Crippen molar-refractivity contribution in [2.24, 2.45) is 5.92 Å². The molecule has 1 atom stereocenters. The fraction of sp³-hybridized carbons (Fsp3) is 0.360. The van der Waals surface area contributed by atoms with E-state index in [0.717, 1.165) is 24.8 Å². The molecule has 0 amide bonds. The number of carbonyl (C=O) groups excluding carboxylic acids is 1. The molecule has 0 aliphatic carbocycles. The number of hydrogen-bond donors (Lipinski definition) is 0. The highest BCUT2D eigenvalue weighted by Crippen LogP contribution is 2.33. The van der Waals surface area contributed by atoms with Crippen LogP contribution in [0.25, 0.3) is 16.6 Å². The average Bonchev–Trinajstić information content (AvgIpc) is 3.33. The van der Waals surface area contributed by atoms with Crippen molar-refractivity contribution >= 4 is 49.8 Å². The van der Waals surface area contributed by atoms with Crippen LogP contribution in [-0.2, 0) is 25.8 Å². The zero-order valence-corrected chi connectivity index (χ0v) is 21.6. The molecule has 36 heavy (non-hydrogen) atoms. The second-order valence-corrected chi connectivity index (χ2v) is 11.1. The number of piperidine rings is 1. The first-order valence-electron chi connectivity index (χ1n) is 11.9. The number of halogens is 1. The van der Waals surface area contributed by atoms with Gasteiger partial charge in [-0.05, 0) is 62.1 Å². The first-order valence-corrected chi connectivity index (χ1v) is 13.8. The van der Waals surface area contributed by atoms with Crippen molar-refractivity contribution in [3.05, 3.63) is 53.1 Å². The molecule has 188 valence electrons. The Morgan fingerprint density at radius 2 is 1.94 bits per heavy atom. The van der Waals surface area contributed by atoms with Crippen molar-refractivity contribution in [2.45, 2.75) is 43.0 Å². The van der Waals surface area contributed by atoms with E-state index in [1.54, 1.807) is 49.4 Å². The summed E-state index contributed by atoms with van der Waals surface area (Å²) >= 11 is 6.32. The van der Waals surface area contributed by atoms with Crippen molar-refractivity contribution < 1.29 is 17.9 Å². The van der Waals surface area contributed by atoms with Gasteiger partial charge in [0.1, 0.15) is 5.82 Å². The molecule has 0 saturated carbocycles. The molecule has 5 rings (SSSR count). The Morgan fingerprint density at radius 3 is 2.67 bits per heavy atom. The summed E-state index contributed by atoms with van der Waals surface area (Å²) in [5.41, 5.74) is 1.77. The molecule has 11 heteroatoms. The summed E-state index contributed by atoms with van der Waals surface area (Å²) in [6, 6.07) is 12.0. The SMILES string of the molecule is CCOC(=O)[C@H]1CCCN(c2nc3c(S(=O)(=O)c4ccc(CC)cc4)nnn3c3ccc(Cl)cc23)C1. The molecular weight excluding hydrogens is 502 g/mol. The molecular formula is C25H26ClN5O4S. The molecule has 1 saturated heterocycles. The van der Waals surface area contributed by atoms with Crippen LogP contribution in [0.2, 0.25) is 5.02 Å². The topological polar surface area (TPSA) is 107 Å². The lowest BCUT2D eigenvalue weighted by Gasteiger charge is -2.33. The predicted octanol–water partition coefficient (Wildman–Crippen LogP) is 4.11. The van der Waals surface area contributed by atoms with Gasteiger partial charge in [0.15, 0.2) is 5.65 Å². The van der Waals surface area contributed by atoms with Gasteiger partial charge in [-0.3, -0.25) is 4.79 Å². The van der Waals surface area contributed by atoms with Gasteiger partial charge >= 0.3 is 5.97 Å². The Balaban J connectivity index is 1.66. The van der Waals surface area contributed by atoms with Crippen LogP contribution >= 0.6 is 11.6 Å². The van der Waals surface area contributed by atoms with E-state index in [2.05, 4.69) is 10.3 Å². The van der Waals surface area contributed by atoms with Crippen LogP contribution < -0.4 is 4.90 Å². The number of ether oxygens (including phenoxy) is 1. The van der Waals surface area contributed by atoms with Gasteiger partial charge in [-0.1, -0.05) is 35.9 Å². The normalized spacial score (nSPS) is 16.5. The van der Waals surface area contributed by atoms with Crippen molar-refractivity contribution in [3.8, 4) is 0 Å². The van der Waals surface area contributed by atoms with E-state index in [-0.39, 0.29) is 27.5 Å². The smallest absolute Gasteiger partial charge is 0.310 e. The average molecular weight is 528 g/mol. The third-order valence-electron chi connectivity index (χ3n) is 6.49. The second-order valence-electron chi connectivity index (χ2n) is 8.77. The van der Waals surface area contributed by atoms with Crippen molar-refractivity contribution in [2.75, 3.05) is 24.6 Å². The van der Waals surface area contributed by atoms with Gasteiger partial charge in [0.05, 0.1) is 22.9 Å². The third-order valence-corrected chi connectivity index (χ3v) is 8.39. The Bertz CT molecular complexity index is 1550. The summed E-state index contributed by atoms with van der Waals surface area (Å²) in [5.74, 6) is -0.00112. The van der Waals surface area contributed by atoms with Gasteiger partial charge in [0, 0.05) is 23.5 Å². The zero-order valence-electron chi connectivity index (χ0n) is 20.0. The minimum absolute atomic E-state index is 0.123. The van der Waals surface area contributed by atoms with Crippen molar-refractivity contribution in [1.29, 1.82) is 0 Å². The highest BCUT2D eigenvalue weighted by Gasteiger charge is 2.31. The van der Waals surface area contributed by atoms with Gasteiger partial charge in [-0.25, -0.2) is 13.4 Å². The maximum Gasteiger partial charge on any atom is 0.310 e. The number of aryl methyl sites for hydroxylation is 1. The number of anilines is 1. The minimum Gasteiger partial charge on any atom is -0.466 e. The Hall–Kier alpha value is -3.24. The second kappa shape index (κ2) is 9.67. The summed E-state index contributed by atoms with van der Waals surface area (Å²) < 4.78 is 33.8. The van der Waals surface area contributed by atoms with E-state index < -0.39 is 9.84 Å². The van der Waals surface area contributed by atoms with Gasteiger partial charge in [-0.15, -0.1) is 5.10 Å². The Morgan fingerprint density at radius 1 is 1.17 bits per heavy atom. The molecule has 0 spiro atoms. The quantitative estimate of drug-likeness (QED) is 0.345. The van der Waals surface area contributed by atoms with E-state index in [1.165, 1.54) is 4.52 Å². The molecule has 2 aromatic carbocycles. The number of carbonyl (C=O) groups is 1. The summed E-state index contributed by atoms with van der Waals surface area (Å²) in [7, 11) is -3.98. The fourth-order valence-corrected chi connectivity index (χ4v) is 6.01. The lowest BCUT2D eigenvalue weighted by molar-refractivity contribution is -0.148. The zero-order chi connectivity index (χ0) is 25.4. The van der Waals surface area contributed by atoms with Crippen molar-refractivity contribution in [1.82, 2.24) is 19.8 Å². The molecule has 0 unspecified atom stereocenters. The van der Waals surface area contributed by atoms with Crippen LogP contribution in [-0.4, -0.2) is 53.9 Å². The maximum atomic E-state index is 13.5. The molecule has 2 aromatic heterocycles. The number of esters is 1. The van der Waals surface area contributed by atoms with E-state index in [1.807, 2.05) is 11.8 Å². The van der Waals surface area contributed by atoms with Crippen LogP contribution in [0.1, 0.15) is 32.3 Å². The molecule has 0 N–H and O–H groups in total. The number of benzene rings is 2. The van der Waals surface area contributed by atoms with Crippen LogP contribution in [0.5, 0.6) is 0 Å². The number of nitrogens with zero attached hydrogens (tertiary/aromatic N) is 5. The van der Waals surface area contributed by atoms with E-state index in [4.69, 9.17) is 21.3 Å². The van der Waals surface area contributed by atoms with Gasteiger partial charge in [0.25, 0.3) is 0 Å². The number of sulfone groups is 1. The summed E-state index contributed by atoms with van der Waals surface area (Å²) in [5, 5.41) is 9.18. The molecule has 4 aromatic rings. The van der Waals surface area contributed by atoms with Crippen LogP contribution in [0.3, 0.4) is 0 Å². The summed E-state index contributed by atoms with van der Waals surface area (Å²) in [6.45, 7) is 5.18. The van der Waals surface area contributed by atoms with Crippen LogP contribution in [0, 0.1) is 5.92 Å². The lowest BCUT2D eigenvalue weighted by atomic mass is 9.98. The molecule has 9 nitrogen and oxygen atoms in total. The lowest BCUT2D eigenvalue weighted by Crippen LogP contribution is -2.40. The molecule has 3 heterocycles. The largest absolute Gasteiger partial charge is 0.466 e. The van der Waals surface area contributed by atoms with Crippen molar-refractivity contribution in [3.63, 3.8) is 0 Å². The standard InChI is InChI=1S/C25H26ClN5O4S/c1-3-16-7-10-19(11-8-16)36(33,34)24-23-27-22(30-13-5-6-17(15-30)25(32)35-4-2)20-14-18(26)9-12-21(20)31(23)29-28-24/h7-12,14,17H,3-6,13,15H2,1-2H3/t17-/m0/s1. The van der Waals surface area contributed by atoms with Crippen LogP contribution in [0.4, 0.5) is 5.82 Å². The maximum absolute atomic E-state index is 13.5. The summed E-state index contributed by atoms with van der Waals surface area (Å²) in [4.78, 5) is 19.3. The first kappa shape index (κ1) is 24.5. The number of hydrogen-bond acceptors (Lipinski definition) is 8. The van der Waals surface area contributed by atoms with Gasteiger partial charge < -0.3 is 9.64 Å². The monoisotopic (exact) mass is 527 g/mol. The van der Waals surface area contributed by atoms with Gasteiger partial charge in [-0.2, -0.15) is 4.52 Å². The van der Waals surface area contributed by atoms with Gasteiger partial charge in [0.2, 0.25) is 14.9 Å². The Labute approximate surface area is 213 Å². The first-order chi connectivity index (χ1) is 17.3. The van der Waals surface area contributed by atoms with Crippen LogP contribution in [0.15, 0.2) is 52.4 Å². The summed E-state index contributed by atoms with van der Waals surface area (Å²) in [6.07, 6.45) is 2.29. The molecule has 1 aliphatic rings. The Kier molecular flexibility index (Phi) is 6.57. The third kappa shape index (κ3) is 4.28. The van der Waals surface area contributed by atoms with E-state index in [9.17, 15) is 13.2 Å². The molecule has 1 aliphatic heterocycles. The minimum atomic E-state index is -3.98. The van der Waals surface area contributed by atoms with E-state index in [0.29, 0.717) is 41.4 Å². The fourth-order valence-electron chi connectivity index (χ4n) is 4.61. The number of aromatic nitrogens is 4. The van der Waals surface area contributed by atoms with E-state index >= 15 is 0 Å². The highest BCUT2D eigenvalue weighted by molar-refractivity contribution is 7.91. The molecule has 0 radical (unpaired) electrons. The number of rotatable bonds is 6. The molecule has 0 bridgehead atoms. The predicted molar refractivity (Wildman–Crippen MR) is 136 cm³/mol. The number of fused-ring (bicyclic) bond motifs is 3. The highest BCUT2D eigenvalue weighted by atomic mass is 35.5.